The molecule has 0 fully saturated rings. The lowest BCUT2D eigenvalue weighted by Gasteiger charge is -2.10. The molecule has 5 nitrogen and oxygen atoms in total. The van der Waals surface area contributed by atoms with Gasteiger partial charge in [-0.25, -0.2) is 9.37 Å². The van der Waals surface area contributed by atoms with Crippen LogP contribution in [-0.2, 0) is 0 Å². The standard InChI is InChI=1S/C14H13BrFN3O2/c1-17-13-10(5-8(16)7-18-13)14(20)19-9-3-4-11(15)12(6-9)21-2/h3-7H,1-2H3,(H,17,18)(H,19,20). The van der Waals surface area contributed by atoms with Crippen LogP contribution in [0.5, 0.6) is 5.75 Å². The number of aromatic nitrogens is 1. The predicted octanol–water partition coefficient (Wildman–Crippen LogP) is 3.29. The van der Waals surface area contributed by atoms with Crippen molar-refractivity contribution >= 4 is 33.3 Å². The first-order valence-electron chi connectivity index (χ1n) is 6.03. The maximum atomic E-state index is 13.3. The minimum absolute atomic E-state index is 0.124. The van der Waals surface area contributed by atoms with Crippen LogP contribution in [-0.4, -0.2) is 25.0 Å². The summed E-state index contributed by atoms with van der Waals surface area (Å²) in [4.78, 5) is 16.0. The molecule has 2 N–H and O–H groups in total. The first-order valence-corrected chi connectivity index (χ1v) is 6.82. The van der Waals surface area contributed by atoms with E-state index in [1.54, 1.807) is 25.2 Å². The van der Waals surface area contributed by atoms with Crippen LogP contribution < -0.4 is 15.4 Å². The van der Waals surface area contributed by atoms with Crippen LogP contribution in [0.25, 0.3) is 0 Å². The van der Waals surface area contributed by atoms with Gasteiger partial charge < -0.3 is 15.4 Å². The Morgan fingerprint density at radius 3 is 2.81 bits per heavy atom. The van der Waals surface area contributed by atoms with Gasteiger partial charge in [0.05, 0.1) is 23.3 Å². The zero-order valence-electron chi connectivity index (χ0n) is 11.4. The molecule has 21 heavy (non-hydrogen) atoms. The number of carbonyl (C=O) groups excluding carboxylic acids is 1. The minimum Gasteiger partial charge on any atom is -0.495 e. The van der Waals surface area contributed by atoms with E-state index in [1.165, 1.54) is 7.11 Å². The zero-order chi connectivity index (χ0) is 15.4. The molecule has 2 aromatic rings. The molecule has 1 aromatic carbocycles. The summed E-state index contributed by atoms with van der Waals surface area (Å²) in [5.74, 6) is -0.153. The van der Waals surface area contributed by atoms with Crippen LogP contribution >= 0.6 is 15.9 Å². The number of nitrogens with zero attached hydrogens (tertiary/aromatic N) is 1. The van der Waals surface area contributed by atoms with Gasteiger partial charge in [-0.05, 0) is 34.1 Å². The minimum atomic E-state index is -0.576. The highest BCUT2D eigenvalue weighted by Gasteiger charge is 2.14. The molecule has 0 atom stereocenters. The Kier molecular flexibility index (Phi) is 4.74. The molecule has 1 amide bonds. The van der Waals surface area contributed by atoms with E-state index in [-0.39, 0.29) is 5.56 Å². The maximum Gasteiger partial charge on any atom is 0.259 e. The highest BCUT2D eigenvalue weighted by molar-refractivity contribution is 9.10. The lowest BCUT2D eigenvalue weighted by atomic mass is 10.2. The van der Waals surface area contributed by atoms with Crippen molar-refractivity contribution in [3.8, 4) is 5.75 Å². The highest BCUT2D eigenvalue weighted by Crippen LogP contribution is 2.28. The summed E-state index contributed by atoms with van der Waals surface area (Å²) in [6, 6.07) is 6.24. The number of methoxy groups -OCH3 is 1. The fourth-order valence-corrected chi connectivity index (χ4v) is 2.16. The van der Waals surface area contributed by atoms with Crippen molar-refractivity contribution in [3.05, 3.63) is 46.3 Å². The molecule has 0 saturated heterocycles. The van der Waals surface area contributed by atoms with Crippen molar-refractivity contribution in [1.29, 1.82) is 0 Å². The number of rotatable bonds is 4. The monoisotopic (exact) mass is 353 g/mol. The molecule has 2 rings (SSSR count). The van der Waals surface area contributed by atoms with Gasteiger partial charge in [0.25, 0.3) is 5.91 Å². The number of ether oxygens (including phenoxy) is 1. The molecular formula is C14H13BrFN3O2. The van der Waals surface area contributed by atoms with Gasteiger partial charge in [0.1, 0.15) is 17.4 Å². The predicted molar refractivity (Wildman–Crippen MR) is 82.4 cm³/mol. The Morgan fingerprint density at radius 1 is 1.38 bits per heavy atom. The summed E-state index contributed by atoms with van der Waals surface area (Å²) in [6.45, 7) is 0. The quantitative estimate of drug-likeness (QED) is 0.885. The second kappa shape index (κ2) is 6.53. The Labute approximate surface area is 129 Å². The average molecular weight is 354 g/mol. The average Bonchev–Trinajstić information content (AvgIpc) is 2.49. The second-order valence-electron chi connectivity index (χ2n) is 4.10. The van der Waals surface area contributed by atoms with Crippen LogP contribution in [0, 0.1) is 5.82 Å². The van der Waals surface area contributed by atoms with Crippen molar-refractivity contribution in [2.45, 2.75) is 0 Å². The van der Waals surface area contributed by atoms with Crippen molar-refractivity contribution in [1.82, 2.24) is 4.98 Å². The van der Waals surface area contributed by atoms with Crippen molar-refractivity contribution < 1.29 is 13.9 Å². The number of benzene rings is 1. The molecule has 0 unspecified atom stereocenters. The number of pyridine rings is 1. The molecule has 110 valence electrons. The molecule has 0 bridgehead atoms. The first kappa shape index (κ1) is 15.2. The number of carbonyl (C=O) groups is 1. The summed E-state index contributed by atoms with van der Waals surface area (Å²) >= 11 is 3.33. The van der Waals surface area contributed by atoms with Gasteiger partial charge in [0.2, 0.25) is 0 Å². The second-order valence-corrected chi connectivity index (χ2v) is 4.96. The number of anilines is 2. The number of halogens is 2. The number of hydrogen-bond acceptors (Lipinski definition) is 4. The van der Waals surface area contributed by atoms with E-state index < -0.39 is 11.7 Å². The van der Waals surface area contributed by atoms with Gasteiger partial charge in [-0.2, -0.15) is 0 Å². The third kappa shape index (κ3) is 3.49. The largest absolute Gasteiger partial charge is 0.495 e. The van der Waals surface area contributed by atoms with Crippen LogP contribution in [0.15, 0.2) is 34.9 Å². The highest BCUT2D eigenvalue weighted by atomic mass is 79.9. The summed E-state index contributed by atoms with van der Waals surface area (Å²) in [7, 11) is 3.14. The number of amides is 1. The zero-order valence-corrected chi connectivity index (χ0v) is 13.0. The van der Waals surface area contributed by atoms with E-state index in [0.717, 1.165) is 16.7 Å². The van der Waals surface area contributed by atoms with Crippen LogP contribution in [0.2, 0.25) is 0 Å². The first-order chi connectivity index (χ1) is 10.0. The van der Waals surface area contributed by atoms with Crippen molar-refractivity contribution in [2.75, 3.05) is 24.8 Å². The fraction of sp³-hybridized carbons (Fsp3) is 0.143. The van der Waals surface area contributed by atoms with Gasteiger partial charge in [-0.3, -0.25) is 4.79 Å². The summed E-state index contributed by atoms with van der Waals surface area (Å²) in [6.07, 6.45) is 1.05. The number of nitrogens with one attached hydrogen (secondary N) is 2. The van der Waals surface area contributed by atoms with Gasteiger partial charge in [-0.15, -0.1) is 0 Å². The van der Waals surface area contributed by atoms with Crippen molar-refractivity contribution in [2.24, 2.45) is 0 Å². The van der Waals surface area contributed by atoms with E-state index >= 15 is 0 Å². The molecule has 0 radical (unpaired) electrons. The molecule has 1 aromatic heterocycles. The van der Waals surface area contributed by atoms with Gasteiger partial charge in [0, 0.05) is 18.8 Å². The Morgan fingerprint density at radius 2 is 2.14 bits per heavy atom. The Balaban J connectivity index is 2.28. The SMILES string of the molecule is CNc1ncc(F)cc1C(=O)Nc1ccc(Br)c(OC)c1. The number of hydrogen-bond donors (Lipinski definition) is 2. The van der Waals surface area contributed by atoms with Gasteiger partial charge in [0.15, 0.2) is 0 Å². The molecule has 7 heteroatoms. The van der Waals surface area contributed by atoms with E-state index in [1.807, 2.05) is 0 Å². The summed E-state index contributed by atoms with van der Waals surface area (Å²) in [5, 5.41) is 5.43. The van der Waals surface area contributed by atoms with E-state index in [4.69, 9.17) is 4.74 Å². The van der Waals surface area contributed by atoms with E-state index in [2.05, 4.69) is 31.5 Å². The molecule has 0 aliphatic heterocycles. The van der Waals surface area contributed by atoms with Crippen LogP contribution in [0.3, 0.4) is 0 Å². The molecule has 0 aliphatic carbocycles. The molecule has 1 heterocycles. The van der Waals surface area contributed by atoms with Crippen molar-refractivity contribution in [3.63, 3.8) is 0 Å². The lowest BCUT2D eigenvalue weighted by molar-refractivity contribution is 0.102. The van der Waals surface area contributed by atoms with Crippen LogP contribution in [0.1, 0.15) is 10.4 Å². The Hall–Kier alpha value is -2.15. The molecule has 0 spiro atoms. The van der Waals surface area contributed by atoms with Gasteiger partial charge in [-0.1, -0.05) is 0 Å². The lowest BCUT2D eigenvalue weighted by Crippen LogP contribution is -2.15. The molecular weight excluding hydrogens is 341 g/mol. The molecule has 0 saturated carbocycles. The summed E-state index contributed by atoms with van der Waals surface area (Å²) < 4.78 is 19.2. The van der Waals surface area contributed by atoms with Crippen LogP contribution in [0.4, 0.5) is 15.9 Å². The smallest absolute Gasteiger partial charge is 0.259 e. The normalized spacial score (nSPS) is 10.1. The molecule has 0 aliphatic rings. The third-order valence-corrected chi connectivity index (χ3v) is 3.40. The van der Waals surface area contributed by atoms with E-state index in [0.29, 0.717) is 17.3 Å². The topological polar surface area (TPSA) is 63.2 Å². The Bertz CT molecular complexity index is 679. The summed E-state index contributed by atoms with van der Waals surface area (Å²) in [5.41, 5.74) is 0.658. The van der Waals surface area contributed by atoms with Gasteiger partial charge >= 0.3 is 0 Å². The fourth-order valence-electron chi connectivity index (χ4n) is 1.75. The third-order valence-electron chi connectivity index (χ3n) is 2.74. The van der Waals surface area contributed by atoms with E-state index in [9.17, 15) is 9.18 Å². The maximum absolute atomic E-state index is 13.3.